The molecule has 220 valence electrons. The third kappa shape index (κ3) is 6.40. The number of carbonyl (C=O) groups is 5. The lowest BCUT2D eigenvalue weighted by molar-refractivity contribution is -0.244. The van der Waals surface area contributed by atoms with Crippen LogP contribution in [0.4, 0.5) is 18.0 Å². The van der Waals surface area contributed by atoms with Crippen LogP contribution in [0, 0.1) is 28.6 Å². The summed E-state index contributed by atoms with van der Waals surface area (Å²) in [5.74, 6) is -2.54. The van der Waals surface area contributed by atoms with E-state index in [4.69, 9.17) is 0 Å². The zero-order valence-corrected chi connectivity index (χ0v) is 23.8. The average molecular weight is 560 g/mol. The molecule has 0 spiro atoms. The highest BCUT2D eigenvalue weighted by molar-refractivity contribution is 6.38. The number of nitrogens with one attached hydrogen (secondary N) is 2. The predicted octanol–water partition coefficient (Wildman–Crippen LogP) is 3.39. The molecule has 0 aromatic rings. The van der Waals surface area contributed by atoms with Crippen molar-refractivity contribution in [2.45, 2.75) is 105 Å². The second kappa shape index (κ2) is 10.1. The van der Waals surface area contributed by atoms with Crippen LogP contribution in [0.3, 0.4) is 0 Å². The highest BCUT2D eigenvalue weighted by Crippen LogP contribution is 2.65. The number of halogens is 3. The van der Waals surface area contributed by atoms with E-state index in [1.807, 2.05) is 13.8 Å². The lowest BCUT2D eigenvalue weighted by Crippen LogP contribution is -2.61. The molecule has 1 saturated heterocycles. The van der Waals surface area contributed by atoms with Gasteiger partial charge < -0.3 is 20.3 Å². The van der Waals surface area contributed by atoms with Crippen molar-refractivity contribution in [2.24, 2.45) is 28.6 Å². The van der Waals surface area contributed by atoms with E-state index in [-0.39, 0.29) is 29.7 Å². The van der Waals surface area contributed by atoms with Crippen LogP contribution < -0.4 is 10.6 Å². The summed E-state index contributed by atoms with van der Waals surface area (Å²) in [7, 11) is 0. The van der Waals surface area contributed by atoms with E-state index in [9.17, 15) is 37.1 Å². The van der Waals surface area contributed by atoms with Crippen molar-refractivity contribution in [2.75, 3.05) is 6.54 Å². The van der Waals surface area contributed by atoms with Gasteiger partial charge in [-0.3, -0.25) is 19.2 Å². The fourth-order valence-corrected chi connectivity index (χ4v) is 5.49. The van der Waals surface area contributed by atoms with Crippen molar-refractivity contribution >= 4 is 29.5 Å². The molecule has 1 heterocycles. The lowest BCUT2D eigenvalue weighted by Gasteiger charge is -2.38. The maximum absolute atomic E-state index is 13.8. The summed E-state index contributed by atoms with van der Waals surface area (Å²) in [6.45, 7) is 11.6. The van der Waals surface area contributed by atoms with Gasteiger partial charge >= 0.3 is 12.3 Å². The number of piperidine rings is 1. The molecule has 39 heavy (non-hydrogen) atoms. The number of rotatable bonds is 9. The number of carbonyl (C=O) groups excluding carboxylic acids is 5. The number of nitrogens with zero attached hydrogens (tertiary/aromatic N) is 1. The molecule has 0 aromatic heterocycles. The van der Waals surface area contributed by atoms with Crippen LogP contribution in [-0.4, -0.2) is 70.8 Å². The topological polar surface area (TPSA) is 122 Å². The summed E-state index contributed by atoms with van der Waals surface area (Å²) in [5.41, 5.74) is -3.99. The number of likely N-dealkylation sites (tertiary alicyclic amines) is 1. The van der Waals surface area contributed by atoms with Gasteiger partial charge in [-0.2, -0.15) is 13.2 Å². The minimum atomic E-state index is -4.83. The highest BCUT2D eigenvalue weighted by Gasteiger charge is 2.70. The van der Waals surface area contributed by atoms with Gasteiger partial charge in [0.05, 0.1) is 6.04 Å². The first-order valence-electron chi connectivity index (χ1n) is 13.3. The molecule has 12 heteroatoms. The molecule has 0 radical (unpaired) electrons. The summed E-state index contributed by atoms with van der Waals surface area (Å²) in [5, 5.41) is 5.01. The Balaban J connectivity index is 1.83. The Labute approximate surface area is 226 Å². The van der Waals surface area contributed by atoms with Gasteiger partial charge in [-0.05, 0) is 48.9 Å². The first-order valence-corrected chi connectivity index (χ1v) is 13.3. The van der Waals surface area contributed by atoms with Crippen LogP contribution in [0.15, 0.2) is 0 Å². The van der Waals surface area contributed by atoms with Crippen molar-refractivity contribution < 1.29 is 41.9 Å². The van der Waals surface area contributed by atoms with Crippen molar-refractivity contribution in [3.05, 3.63) is 0 Å². The molecule has 2 saturated carbocycles. The molecule has 9 nitrogen and oxygen atoms in total. The molecule has 1 aliphatic heterocycles. The smallest absolute Gasteiger partial charge is 0.427 e. The molecule has 2 N–H and O–H groups in total. The number of ether oxygens (including phenoxy) is 1. The van der Waals surface area contributed by atoms with E-state index >= 15 is 0 Å². The number of Topliss-reactive ketones (excluding diaryl/α,β-unsaturated/α-hetero) is 2. The maximum Gasteiger partial charge on any atom is 0.427 e. The van der Waals surface area contributed by atoms with Crippen molar-refractivity contribution in [3.8, 4) is 0 Å². The monoisotopic (exact) mass is 559 g/mol. The molecule has 3 aliphatic rings. The molecule has 0 aromatic carbocycles. The molecule has 3 fully saturated rings. The number of amides is 3. The van der Waals surface area contributed by atoms with E-state index < -0.39 is 64.8 Å². The van der Waals surface area contributed by atoms with E-state index in [0.29, 0.717) is 20.3 Å². The summed E-state index contributed by atoms with van der Waals surface area (Å²) in [6, 6.07) is -3.25. The normalized spacial score (nSPS) is 25.7. The zero-order chi connectivity index (χ0) is 29.9. The minimum absolute atomic E-state index is 0.0145. The Morgan fingerprint density at radius 1 is 1.00 bits per heavy atom. The average Bonchev–Trinajstić information content (AvgIpc) is 3.61. The third-order valence-electron chi connectivity index (χ3n) is 8.41. The van der Waals surface area contributed by atoms with Crippen molar-refractivity contribution in [1.82, 2.24) is 15.5 Å². The molecule has 0 bridgehead atoms. The van der Waals surface area contributed by atoms with Gasteiger partial charge in [-0.1, -0.05) is 47.5 Å². The third-order valence-corrected chi connectivity index (χ3v) is 8.41. The van der Waals surface area contributed by atoms with Crippen LogP contribution >= 0.6 is 0 Å². The van der Waals surface area contributed by atoms with E-state index in [1.165, 1.54) is 4.90 Å². The number of alkyl halides is 3. The summed E-state index contributed by atoms with van der Waals surface area (Å²) < 4.78 is 44.4. The molecule has 2 aliphatic carbocycles. The van der Waals surface area contributed by atoms with Crippen LogP contribution in [0.1, 0.15) is 74.7 Å². The van der Waals surface area contributed by atoms with Crippen LogP contribution in [0.2, 0.25) is 0 Å². The largest absolute Gasteiger partial charge is 0.434 e. The van der Waals surface area contributed by atoms with E-state index in [0.717, 1.165) is 19.8 Å². The molecule has 3 amide bonds. The summed E-state index contributed by atoms with van der Waals surface area (Å²) in [6.07, 6.45) is -4.08. The first-order chi connectivity index (χ1) is 17.6. The Morgan fingerprint density at radius 2 is 1.56 bits per heavy atom. The summed E-state index contributed by atoms with van der Waals surface area (Å²) in [4.78, 5) is 65.7. The highest BCUT2D eigenvalue weighted by atomic mass is 19.4. The quantitative estimate of drug-likeness (QED) is 0.418. The Kier molecular flexibility index (Phi) is 7.97. The van der Waals surface area contributed by atoms with Gasteiger partial charge in [0.1, 0.15) is 12.1 Å². The fraction of sp³-hybridized carbons (Fsp3) is 0.815. The van der Waals surface area contributed by atoms with Gasteiger partial charge in [0.2, 0.25) is 23.2 Å². The summed E-state index contributed by atoms with van der Waals surface area (Å²) >= 11 is 0. The Hall–Kier alpha value is -2.66. The minimum Gasteiger partial charge on any atom is -0.434 e. The molecule has 5 atom stereocenters. The van der Waals surface area contributed by atoms with Crippen molar-refractivity contribution in [1.29, 1.82) is 0 Å². The van der Waals surface area contributed by atoms with Crippen LogP contribution in [0.25, 0.3) is 0 Å². The Bertz CT molecular complexity index is 1040. The van der Waals surface area contributed by atoms with Crippen LogP contribution in [0.5, 0.6) is 0 Å². The molecule has 5 unspecified atom stereocenters. The number of fused-ring (bicyclic) bond motifs is 1. The van der Waals surface area contributed by atoms with Gasteiger partial charge in [-0.15, -0.1) is 0 Å². The predicted molar refractivity (Wildman–Crippen MR) is 134 cm³/mol. The number of hydrogen-bond acceptors (Lipinski definition) is 6. The first kappa shape index (κ1) is 30.9. The van der Waals surface area contributed by atoms with Gasteiger partial charge in [0.15, 0.2) is 5.78 Å². The SMILES string of the molecule is CC(=O)C(=O)C(CC1CC1)NC(=O)C1C2C(CN1C(=O)C(NC(=O)OC(C)(C)C(F)(F)F)C(C)(C)C)C2(C)C. The van der Waals surface area contributed by atoms with E-state index in [2.05, 4.69) is 15.4 Å². The molecular weight excluding hydrogens is 519 g/mol. The van der Waals surface area contributed by atoms with Gasteiger partial charge in [-0.25, -0.2) is 4.79 Å². The van der Waals surface area contributed by atoms with Gasteiger partial charge in [0, 0.05) is 13.5 Å². The number of ketones is 2. The Morgan fingerprint density at radius 3 is 2.03 bits per heavy atom. The molecule has 3 rings (SSSR count). The van der Waals surface area contributed by atoms with Crippen molar-refractivity contribution in [3.63, 3.8) is 0 Å². The number of hydrogen-bond donors (Lipinski definition) is 2. The molecular formula is C27H40F3N3O6. The van der Waals surface area contributed by atoms with Crippen LogP contribution in [-0.2, 0) is 23.9 Å². The number of alkyl carbamates (subject to hydrolysis) is 1. The standard InChI is InChI=1S/C27H40F3N3O6/c1-13(34)19(35)16(11-14-9-10-14)31-21(36)18-17-15(25(17,5)6)12-33(18)22(37)20(24(2,3)4)32-23(38)39-26(7,8)27(28,29)30/h14-18,20H,9-12H2,1-8H3,(H,31,36)(H,32,38). The second-order valence-electron chi connectivity index (χ2n) is 13.4. The zero-order valence-electron chi connectivity index (χ0n) is 23.8. The second-order valence-corrected chi connectivity index (χ2v) is 13.4. The maximum atomic E-state index is 13.8. The van der Waals surface area contributed by atoms with E-state index in [1.54, 1.807) is 20.8 Å². The fourth-order valence-electron chi connectivity index (χ4n) is 5.49. The lowest BCUT2D eigenvalue weighted by atomic mass is 9.85. The van der Waals surface area contributed by atoms with Gasteiger partial charge in [0.25, 0.3) is 0 Å².